The van der Waals surface area contributed by atoms with Crippen molar-refractivity contribution in [3.63, 3.8) is 0 Å². The molecule has 1 aliphatic rings. The molecule has 2 amide bonds. The van der Waals surface area contributed by atoms with E-state index >= 15 is 0 Å². The van der Waals surface area contributed by atoms with Gasteiger partial charge in [0.2, 0.25) is 0 Å². The number of hydrogen-bond donors (Lipinski definition) is 1. The number of carbonyl (C=O) groups is 1. The normalized spacial score (nSPS) is 14.5. The SMILES string of the molecule is O=C(NCCCc1ccccc1)N1CCN(c2nc3ccc(F)cc3s2)CC1. The molecule has 0 atom stereocenters. The molecule has 0 unspecified atom stereocenters. The molecular weight excluding hydrogens is 375 g/mol. The number of rotatable bonds is 5. The summed E-state index contributed by atoms with van der Waals surface area (Å²) in [5.41, 5.74) is 2.11. The summed E-state index contributed by atoms with van der Waals surface area (Å²) in [5.74, 6) is -0.239. The van der Waals surface area contributed by atoms with E-state index in [4.69, 9.17) is 0 Å². The summed E-state index contributed by atoms with van der Waals surface area (Å²) in [4.78, 5) is 21.0. The van der Waals surface area contributed by atoms with E-state index in [1.165, 1.54) is 29.0 Å². The second-order valence-corrected chi connectivity index (χ2v) is 7.91. The van der Waals surface area contributed by atoms with E-state index in [0.29, 0.717) is 19.6 Å². The number of nitrogens with zero attached hydrogens (tertiary/aromatic N) is 3. The van der Waals surface area contributed by atoms with Crippen LogP contribution in [-0.2, 0) is 6.42 Å². The maximum Gasteiger partial charge on any atom is 0.317 e. The Hall–Kier alpha value is -2.67. The van der Waals surface area contributed by atoms with Crippen LogP contribution in [-0.4, -0.2) is 48.6 Å². The topological polar surface area (TPSA) is 48.5 Å². The first-order valence-corrected chi connectivity index (χ1v) is 10.4. The molecule has 1 fully saturated rings. The van der Waals surface area contributed by atoms with E-state index in [1.54, 1.807) is 6.07 Å². The molecule has 0 bridgehead atoms. The van der Waals surface area contributed by atoms with Crippen molar-refractivity contribution in [2.75, 3.05) is 37.6 Å². The fourth-order valence-electron chi connectivity index (χ4n) is 3.37. The lowest BCUT2D eigenvalue weighted by Crippen LogP contribution is -2.52. The van der Waals surface area contributed by atoms with Gasteiger partial charge in [0.1, 0.15) is 5.82 Å². The van der Waals surface area contributed by atoms with Gasteiger partial charge in [0.05, 0.1) is 10.2 Å². The van der Waals surface area contributed by atoms with Crippen molar-refractivity contribution < 1.29 is 9.18 Å². The van der Waals surface area contributed by atoms with Crippen LogP contribution in [0.2, 0.25) is 0 Å². The number of benzene rings is 2. The fraction of sp³-hybridized carbons (Fsp3) is 0.333. The number of aryl methyl sites for hydroxylation is 1. The van der Waals surface area contributed by atoms with Gasteiger partial charge in [0.15, 0.2) is 5.13 Å². The molecule has 1 saturated heterocycles. The minimum atomic E-state index is -0.239. The first-order chi connectivity index (χ1) is 13.7. The molecule has 4 rings (SSSR count). The first kappa shape index (κ1) is 18.7. The highest BCUT2D eigenvalue weighted by Crippen LogP contribution is 2.29. The van der Waals surface area contributed by atoms with Gasteiger partial charge >= 0.3 is 6.03 Å². The lowest BCUT2D eigenvalue weighted by molar-refractivity contribution is 0.194. The van der Waals surface area contributed by atoms with Crippen LogP contribution >= 0.6 is 11.3 Å². The average molecular weight is 399 g/mol. The standard InChI is InChI=1S/C21H23FN4OS/c22-17-8-9-18-19(15-17)28-21(24-18)26-13-11-25(12-14-26)20(27)23-10-4-7-16-5-2-1-3-6-16/h1-3,5-6,8-9,15H,4,7,10-14H2,(H,23,27). The van der Waals surface area contributed by atoms with Crippen LogP contribution in [0.4, 0.5) is 14.3 Å². The molecule has 5 nitrogen and oxygen atoms in total. The predicted octanol–water partition coefficient (Wildman–Crippen LogP) is 3.90. The molecule has 3 aromatic rings. The number of fused-ring (bicyclic) bond motifs is 1. The summed E-state index contributed by atoms with van der Waals surface area (Å²) < 4.78 is 14.2. The smallest absolute Gasteiger partial charge is 0.317 e. The molecule has 2 heterocycles. The largest absolute Gasteiger partial charge is 0.345 e. The molecule has 1 aromatic heterocycles. The van der Waals surface area contributed by atoms with Crippen molar-refractivity contribution >= 4 is 32.7 Å². The van der Waals surface area contributed by atoms with Crippen LogP contribution < -0.4 is 10.2 Å². The predicted molar refractivity (Wildman–Crippen MR) is 112 cm³/mol. The Bertz CT molecular complexity index is 938. The molecule has 28 heavy (non-hydrogen) atoms. The van der Waals surface area contributed by atoms with Gasteiger partial charge in [-0.1, -0.05) is 41.7 Å². The summed E-state index contributed by atoms with van der Waals surface area (Å²) in [6.07, 6.45) is 1.89. The minimum absolute atomic E-state index is 0.000849. The molecule has 7 heteroatoms. The summed E-state index contributed by atoms with van der Waals surface area (Å²) >= 11 is 1.50. The molecule has 0 spiro atoms. The van der Waals surface area contributed by atoms with Gasteiger partial charge in [0, 0.05) is 32.7 Å². The molecule has 0 saturated carbocycles. The monoisotopic (exact) mass is 398 g/mol. The van der Waals surface area contributed by atoms with Crippen LogP contribution in [0.1, 0.15) is 12.0 Å². The van der Waals surface area contributed by atoms with Crippen LogP contribution in [0.5, 0.6) is 0 Å². The quantitative estimate of drug-likeness (QED) is 0.663. The number of piperazine rings is 1. The van der Waals surface area contributed by atoms with Crippen molar-refractivity contribution in [1.29, 1.82) is 0 Å². The number of urea groups is 1. The number of hydrogen-bond acceptors (Lipinski definition) is 4. The van der Waals surface area contributed by atoms with Crippen LogP contribution in [0.15, 0.2) is 48.5 Å². The van der Waals surface area contributed by atoms with Crippen LogP contribution in [0, 0.1) is 5.82 Å². The summed E-state index contributed by atoms with van der Waals surface area (Å²) in [6, 6.07) is 15.0. The number of anilines is 1. The van der Waals surface area contributed by atoms with Crippen molar-refractivity contribution in [2.24, 2.45) is 0 Å². The number of carbonyl (C=O) groups excluding carboxylic acids is 1. The number of thiazole rings is 1. The van der Waals surface area contributed by atoms with Gasteiger partial charge < -0.3 is 15.1 Å². The summed E-state index contributed by atoms with van der Waals surface area (Å²) in [6.45, 7) is 3.47. The van der Waals surface area contributed by atoms with Crippen molar-refractivity contribution in [3.05, 3.63) is 59.9 Å². The Morgan fingerprint density at radius 3 is 2.68 bits per heavy atom. The fourth-order valence-corrected chi connectivity index (χ4v) is 4.41. The van der Waals surface area contributed by atoms with Gasteiger partial charge in [-0.2, -0.15) is 0 Å². The second kappa shape index (κ2) is 8.56. The number of halogens is 1. The molecule has 0 radical (unpaired) electrons. The molecule has 1 N–H and O–H groups in total. The Balaban J connectivity index is 1.23. The third-order valence-corrected chi connectivity index (χ3v) is 6.02. The van der Waals surface area contributed by atoms with E-state index in [9.17, 15) is 9.18 Å². The number of aromatic nitrogens is 1. The third kappa shape index (κ3) is 4.42. The van der Waals surface area contributed by atoms with Crippen molar-refractivity contribution in [2.45, 2.75) is 12.8 Å². The molecule has 0 aliphatic carbocycles. The lowest BCUT2D eigenvalue weighted by Gasteiger charge is -2.34. The van der Waals surface area contributed by atoms with E-state index < -0.39 is 0 Å². The van der Waals surface area contributed by atoms with Crippen LogP contribution in [0.3, 0.4) is 0 Å². The van der Waals surface area contributed by atoms with E-state index in [1.807, 2.05) is 23.1 Å². The van der Waals surface area contributed by atoms with Gasteiger partial charge in [-0.25, -0.2) is 14.2 Å². The summed E-state index contributed by atoms with van der Waals surface area (Å²) in [7, 11) is 0. The van der Waals surface area contributed by atoms with E-state index in [0.717, 1.165) is 41.3 Å². The molecule has 2 aromatic carbocycles. The Morgan fingerprint density at radius 1 is 1.11 bits per heavy atom. The zero-order valence-electron chi connectivity index (χ0n) is 15.6. The zero-order chi connectivity index (χ0) is 19.3. The third-order valence-electron chi connectivity index (χ3n) is 4.94. The first-order valence-electron chi connectivity index (χ1n) is 9.57. The van der Waals surface area contributed by atoms with Gasteiger partial charge in [-0.3, -0.25) is 0 Å². The molecule has 146 valence electrons. The van der Waals surface area contributed by atoms with Crippen molar-refractivity contribution in [3.8, 4) is 0 Å². The zero-order valence-corrected chi connectivity index (χ0v) is 16.4. The van der Waals surface area contributed by atoms with Gasteiger partial charge in [-0.15, -0.1) is 0 Å². The number of nitrogens with one attached hydrogen (secondary N) is 1. The average Bonchev–Trinajstić information content (AvgIpc) is 3.15. The Kier molecular flexibility index (Phi) is 5.71. The van der Waals surface area contributed by atoms with Gasteiger partial charge in [-0.05, 0) is 36.6 Å². The van der Waals surface area contributed by atoms with E-state index in [2.05, 4.69) is 27.3 Å². The second-order valence-electron chi connectivity index (χ2n) is 6.90. The highest BCUT2D eigenvalue weighted by molar-refractivity contribution is 7.22. The molecule has 1 aliphatic heterocycles. The van der Waals surface area contributed by atoms with E-state index in [-0.39, 0.29) is 11.8 Å². The van der Waals surface area contributed by atoms with Gasteiger partial charge in [0.25, 0.3) is 0 Å². The van der Waals surface area contributed by atoms with Crippen LogP contribution in [0.25, 0.3) is 10.2 Å². The number of amides is 2. The maximum atomic E-state index is 13.4. The summed E-state index contributed by atoms with van der Waals surface area (Å²) in [5, 5.41) is 3.91. The highest BCUT2D eigenvalue weighted by atomic mass is 32.1. The lowest BCUT2D eigenvalue weighted by atomic mass is 10.1. The molecular formula is C21H23FN4OS. The Morgan fingerprint density at radius 2 is 1.89 bits per heavy atom. The highest BCUT2D eigenvalue weighted by Gasteiger charge is 2.22. The minimum Gasteiger partial charge on any atom is -0.345 e. The maximum absolute atomic E-state index is 13.4. The Labute approximate surface area is 167 Å². The van der Waals surface area contributed by atoms with Crippen molar-refractivity contribution in [1.82, 2.24) is 15.2 Å².